The number of hydrogen-bond donors (Lipinski definition) is 0. The van der Waals surface area contributed by atoms with Gasteiger partial charge < -0.3 is 9.26 Å². The van der Waals surface area contributed by atoms with Crippen LogP contribution in [0.25, 0.3) is 17.1 Å². The minimum atomic E-state index is 0.453. The second-order valence-corrected chi connectivity index (χ2v) is 7.34. The number of aromatic nitrogens is 6. The molecule has 0 spiro atoms. The van der Waals surface area contributed by atoms with Gasteiger partial charge in [0.2, 0.25) is 16.9 Å². The van der Waals surface area contributed by atoms with Crippen LogP contribution in [0.4, 0.5) is 0 Å². The van der Waals surface area contributed by atoms with Gasteiger partial charge in [-0.1, -0.05) is 54.2 Å². The summed E-state index contributed by atoms with van der Waals surface area (Å²) in [4.78, 5) is 4.48. The summed E-state index contributed by atoms with van der Waals surface area (Å²) in [5.41, 5.74) is 4.06. The van der Waals surface area contributed by atoms with E-state index in [0.717, 1.165) is 23.2 Å². The molecule has 0 amide bonds. The maximum absolute atomic E-state index is 5.44. The van der Waals surface area contributed by atoms with Crippen LogP contribution in [0.3, 0.4) is 0 Å². The smallest absolute Gasteiger partial charge is 0.237 e. The van der Waals surface area contributed by atoms with Crippen molar-refractivity contribution in [2.75, 3.05) is 7.11 Å². The summed E-state index contributed by atoms with van der Waals surface area (Å²) in [7, 11) is 1.62. The van der Waals surface area contributed by atoms with Gasteiger partial charge >= 0.3 is 0 Å². The van der Waals surface area contributed by atoms with Crippen molar-refractivity contribution in [2.45, 2.75) is 31.2 Å². The summed E-state index contributed by atoms with van der Waals surface area (Å²) in [5, 5.41) is 16.7. The van der Waals surface area contributed by atoms with Crippen LogP contribution in [-0.4, -0.2) is 37.5 Å². The largest absolute Gasteiger partial charge is 0.494 e. The fraction of sp³-hybridized carbons (Fsp3) is 0.250. The van der Waals surface area contributed by atoms with Crippen LogP contribution in [0.1, 0.15) is 23.9 Å². The zero-order valence-electron chi connectivity index (χ0n) is 16.4. The number of aryl methyl sites for hydroxylation is 2. The summed E-state index contributed by atoms with van der Waals surface area (Å²) >= 11 is 1.42. The molecule has 0 unspecified atom stereocenters. The first-order valence-corrected chi connectivity index (χ1v) is 10.1. The first-order chi connectivity index (χ1) is 14.2. The van der Waals surface area contributed by atoms with E-state index in [0.29, 0.717) is 28.4 Å². The predicted molar refractivity (Wildman–Crippen MR) is 109 cm³/mol. The number of benzene rings is 2. The van der Waals surface area contributed by atoms with E-state index in [2.05, 4.69) is 44.7 Å². The van der Waals surface area contributed by atoms with Crippen molar-refractivity contribution in [3.8, 4) is 22.8 Å². The molecular formula is C20H20N6O2S. The monoisotopic (exact) mass is 408 g/mol. The number of tetrazole rings is 1. The molecule has 0 bridgehead atoms. The summed E-state index contributed by atoms with van der Waals surface area (Å²) in [6.07, 6.45) is 0.995. The van der Waals surface area contributed by atoms with Gasteiger partial charge in [0.15, 0.2) is 0 Å². The molecule has 2 heterocycles. The van der Waals surface area contributed by atoms with Crippen LogP contribution in [0.15, 0.2) is 52.1 Å². The molecule has 0 saturated carbocycles. The van der Waals surface area contributed by atoms with Gasteiger partial charge in [0.1, 0.15) is 11.4 Å². The highest BCUT2D eigenvalue weighted by Crippen LogP contribution is 2.28. The standard InChI is InChI=1S/C20H20N6O2S/c1-4-14-6-8-15(9-7-14)19-21-18(28-23-19)12-29-20-22-24-25-26(20)16-11-13(2)5-10-17(16)27-3/h5-11H,4,12H2,1-3H3. The van der Waals surface area contributed by atoms with Crippen molar-refractivity contribution in [1.29, 1.82) is 0 Å². The Bertz CT molecular complexity index is 1110. The van der Waals surface area contributed by atoms with Crippen molar-refractivity contribution >= 4 is 11.8 Å². The molecular weight excluding hydrogens is 388 g/mol. The summed E-state index contributed by atoms with van der Waals surface area (Å²) < 4.78 is 12.5. The first-order valence-electron chi connectivity index (χ1n) is 9.16. The minimum Gasteiger partial charge on any atom is -0.494 e. The molecule has 29 heavy (non-hydrogen) atoms. The lowest BCUT2D eigenvalue weighted by molar-refractivity contribution is 0.391. The van der Waals surface area contributed by atoms with Gasteiger partial charge in [0.05, 0.1) is 12.9 Å². The molecule has 2 aromatic carbocycles. The Balaban J connectivity index is 1.51. The first kappa shape index (κ1) is 19.1. The lowest BCUT2D eigenvalue weighted by atomic mass is 10.1. The number of hydrogen-bond acceptors (Lipinski definition) is 8. The van der Waals surface area contributed by atoms with E-state index in [-0.39, 0.29) is 0 Å². The number of ether oxygens (including phenoxy) is 1. The lowest BCUT2D eigenvalue weighted by Crippen LogP contribution is -2.02. The third-order valence-corrected chi connectivity index (χ3v) is 5.32. The van der Waals surface area contributed by atoms with Gasteiger partial charge in [-0.05, 0) is 47.0 Å². The fourth-order valence-corrected chi connectivity index (χ4v) is 3.55. The van der Waals surface area contributed by atoms with Gasteiger partial charge in [-0.15, -0.1) is 5.10 Å². The van der Waals surface area contributed by atoms with E-state index >= 15 is 0 Å². The molecule has 8 nitrogen and oxygen atoms in total. The lowest BCUT2D eigenvalue weighted by Gasteiger charge is -2.09. The van der Waals surface area contributed by atoms with Gasteiger partial charge in [0.25, 0.3) is 0 Å². The number of nitrogens with zero attached hydrogens (tertiary/aromatic N) is 6. The number of methoxy groups -OCH3 is 1. The molecule has 0 N–H and O–H groups in total. The molecule has 2 aromatic heterocycles. The Morgan fingerprint density at radius 2 is 1.97 bits per heavy atom. The third kappa shape index (κ3) is 4.14. The number of thioether (sulfide) groups is 1. The minimum absolute atomic E-state index is 0.453. The Labute approximate surface area is 172 Å². The van der Waals surface area contributed by atoms with Crippen LogP contribution in [0.5, 0.6) is 5.75 Å². The second kappa shape index (κ2) is 8.44. The van der Waals surface area contributed by atoms with Gasteiger partial charge in [0, 0.05) is 5.56 Å². The highest BCUT2D eigenvalue weighted by molar-refractivity contribution is 7.98. The van der Waals surface area contributed by atoms with E-state index in [9.17, 15) is 0 Å². The van der Waals surface area contributed by atoms with Gasteiger partial charge in [-0.2, -0.15) is 9.67 Å². The normalized spacial score (nSPS) is 11.0. The molecule has 4 aromatic rings. The molecule has 0 saturated heterocycles. The van der Waals surface area contributed by atoms with Crippen LogP contribution >= 0.6 is 11.8 Å². The Morgan fingerprint density at radius 1 is 1.14 bits per heavy atom. The van der Waals surface area contributed by atoms with E-state index in [4.69, 9.17) is 9.26 Å². The topological polar surface area (TPSA) is 91.8 Å². The molecule has 9 heteroatoms. The zero-order valence-corrected chi connectivity index (χ0v) is 17.2. The molecule has 0 aliphatic heterocycles. The van der Waals surface area contributed by atoms with Crippen molar-refractivity contribution in [3.05, 3.63) is 59.5 Å². The highest BCUT2D eigenvalue weighted by atomic mass is 32.2. The van der Waals surface area contributed by atoms with Crippen LogP contribution in [-0.2, 0) is 12.2 Å². The highest BCUT2D eigenvalue weighted by Gasteiger charge is 2.16. The molecule has 4 rings (SSSR count). The molecule has 0 aliphatic carbocycles. The zero-order chi connectivity index (χ0) is 20.2. The molecule has 0 fully saturated rings. The molecule has 0 radical (unpaired) electrons. The maximum atomic E-state index is 5.44. The van der Waals surface area contributed by atoms with Crippen molar-refractivity contribution < 1.29 is 9.26 Å². The molecule has 148 valence electrons. The van der Waals surface area contributed by atoms with Crippen molar-refractivity contribution in [2.24, 2.45) is 0 Å². The molecule has 0 atom stereocenters. The summed E-state index contributed by atoms with van der Waals surface area (Å²) in [6.45, 7) is 4.13. The average Bonchev–Trinajstić information content (AvgIpc) is 3.41. The van der Waals surface area contributed by atoms with E-state index in [1.54, 1.807) is 11.8 Å². The van der Waals surface area contributed by atoms with Gasteiger partial charge in [-0.3, -0.25) is 0 Å². The summed E-state index contributed by atoms with van der Waals surface area (Å²) in [5.74, 6) is 2.23. The molecule has 0 aliphatic rings. The fourth-order valence-electron chi connectivity index (χ4n) is 2.83. The second-order valence-electron chi connectivity index (χ2n) is 6.40. The Hall–Kier alpha value is -3.20. The van der Waals surface area contributed by atoms with Crippen LogP contribution < -0.4 is 4.74 Å². The Morgan fingerprint density at radius 3 is 2.72 bits per heavy atom. The van der Waals surface area contributed by atoms with Crippen molar-refractivity contribution in [1.82, 2.24) is 30.3 Å². The van der Waals surface area contributed by atoms with E-state index in [1.165, 1.54) is 17.3 Å². The quantitative estimate of drug-likeness (QED) is 0.425. The number of rotatable bonds is 7. The summed E-state index contributed by atoms with van der Waals surface area (Å²) in [6, 6.07) is 14.0. The van der Waals surface area contributed by atoms with Crippen molar-refractivity contribution in [3.63, 3.8) is 0 Å². The van der Waals surface area contributed by atoms with E-state index < -0.39 is 0 Å². The van der Waals surface area contributed by atoms with Crippen LogP contribution in [0.2, 0.25) is 0 Å². The van der Waals surface area contributed by atoms with E-state index in [1.807, 2.05) is 37.3 Å². The SMILES string of the molecule is CCc1ccc(-c2noc(CSc3nnnn3-c3cc(C)ccc3OC)n2)cc1. The third-order valence-electron chi connectivity index (χ3n) is 4.42. The predicted octanol–water partition coefficient (Wildman–Crippen LogP) is 3.88. The van der Waals surface area contributed by atoms with Gasteiger partial charge in [-0.25, -0.2) is 0 Å². The average molecular weight is 408 g/mol. The Kier molecular flexibility index (Phi) is 5.57. The maximum Gasteiger partial charge on any atom is 0.237 e. The van der Waals surface area contributed by atoms with Crippen LogP contribution in [0, 0.1) is 6.92 Å².